The molecule has 1 aromatic rings. The van der Waals surface area contributed by atoms with Crippen LogP contribution in [0.25, 0.3) is 0 Å². The fourth-order valence-corrected chi connectivity index (χ4v) is 1.96. The quantitative estimate of drug-likeness (QED) is 0.783. The van der Waals surface area contributed by atoms with Gasteiger partial charge in [-0.1, -0.05) is 26.7 Å². The summed E-state index contributed by atoms with van der Waals surface area (Å²) in [4.78, 5) is 18.7. The predicted octanol–water partition coefficient (Wildman–Crippen LogP) is 3.17. The molecule has 0 saturated heterocycles. The Morgan fingerprint density at radius 2 is 1.89 bits per heavy atom. The Morgan fingerprint density at radius 3 is 2.42 bits per heavy atom. The molecule has 4 heteroatoms. The summed E-state index contributed by atoms with van der Waals surface area (Å²) in [7, 11) is 1.79. The topological polar surface area (TPSA) is 45.2 Å². The smallest absolute Gasteiger partial charge is 0.257 e. The molecular weight excluding hydrogens is 238 g/mol. The first kappa shape index (κ1) is 15.5. The summed E-state index contributed by atoms with van der Waals surface area (Å²) in [5.41, 5.74) is 0.664. The van der Waals surface area contributed by atoms with Crippen LogP contribution in [0.5, 0.6) is 0 Å². The van der Waals surface area contributed by atoms with Gasteiger partial charge in [0.15, 0.2) is 0 Å². The van der Waals surface area contributed by atoms with Crippen molar-refractivity contribution in [2.75, 3.05) is 25.5 Å². The van der Waals surface area contributed by atoms with Crippen LogP contribution in [-0.2, 0) is 0 Å². The lowest BCUT2D eigenvalue weighted by Crippen LogP contribution is -2.33. The fraction of sp³-hybridized carbons (Fsp3) is 0.600. The molecule has 4 nitrogen and oxygen atoms in total. The van der Waals surface area contributed by atoms with Gasteiger partial charge >= 0.3 is 0 Å². The number of unbranched alkanes of at least 4 members (excludes halogenated alkanes) is 2. The minimum Gasteiger partial charge on any atom is -0.372 e. The normalized spacial score (nSPS) is 10.3. The largest absolute Gasteiger partial charge is 0.372 e. The summed E-state index contributed by atoms with van der Waals surface area (Å²) < 4.78 is 0. The second-order valence-electron chi connectivity index (χ2n) is 4.65. The van der Waals surface area contributed by atoms with Gasteiger partial charge in [-0.15, -0.1) is 0 Å². The molecule has 0 bridgehead atoms. The Morgan fingerprint density at radius 1 is 1.26 bits per heavy atom. The van der Waals surface area contributed by atoms with E-state index in [2.05, 4.69) is 24.1 Å². The van der Waals surface area contributed by atoms with E-state index in [0.29, 0.717) is 11.4 Å². The molecule has 0 aliphatic rings. The molecule has 1 heterocycles. The standard InChI is InChI=1S/C15H25N3O/c1-4-6-11-18(12-7-5-2)15(19)13-9-8-10-17-14(13)16-3/h8-10H,4-7,11-12H2,1-3H3,(H,16,17). The first-order valence-electron chi connectivity index (χ1n) is 7.16. The Bertz CT molecular complexity index is 385. The van der Waals surface area contributed by atoms with Crippen molar-refractivity contribution in [1.82, 2.24) is 9.88 Å². The van der Waals surface area contributed by atoms with E-state index in [1.165, 1.54) is 0 Å². The van der Waals surface area contributed by atoms with Gasteiger partial charge in [-0.25, -0.2) is 4.98 Å². The molecule has 1 rings (SSSR count). The highest BCUT2D eigenvalue weighted by molar-refractivity contribution is 5.98. The van der Waals surface area contributed by atoms with Crippen LogP contribution in [0.4, 0.5) is 5.82 Å². The minimum atomic E-state index is 0.0827. The maximum Gasteiger partial charge on any atom is 0.257 e. The third kappa shape index (κ3) is 4.54. The molecule has 0 aliphatic carbocycles. The van der Waals surface area contributed by atoms with Crippen LogP contribution in [0, 0.1) is 0 Å². The molecule has 0 spiro atoms. The number of nitrogens with one attached hydrogen (secondary N) is 1. The molecule has 0 aromatic carbocycles. The number of rotatable bonds is 8. The van der Waals surface area contributed by atoms with Crippen molar-refractivity contribution >= 4 is 11.7 Å². The molecule has 1 amide bonds. The second kappa shape index (κ2) is 8.51. The number of hydrogen-bond acceptors (Lipinski definition) is 3. The molecular formula is C15H25N3O. The van der Waals surface area contributed by atoms with Crippen molar-refractivity contribution in [3.63, 3.8) is 0 Å². The highest BCUT2D eigenvalue weighted by Gasteiger charge is 2.18. The third-order valence-electron chi connectivity index (χ3n) is 3.13. The van der Waals surface area contributed by atoms with Crippen molar-refractivity contribution < 1.29 is 4.79 Å². The van der Waals surface area contributed by atoms with E-state index in [0.717, 1.165) is 38.8 Å². The molecule has 0 atom stereocenters. The van der Waals surface area contributed by atoms with E-state index in [1.807, 2.05) is 17.0 Å². The molecule has 0 fully saturated rings. The number of hydrogen-bond donors (Lipinski definition) is 1. The zero-order valence-electron chi connectivity index (χ0n) is 12.3. The van der Waals surface area contributed by atoms with Gasteiger partial charge in [0, 0.05) is 26.3 Å². The van der Waals surface area contributed by atoms with Crippen molar-refractivity contribution in [2.24, 2.45) is 0 Å². The average Bonchev–Trinajstić information content (AvgIpc) is 2.46. The lowest BCUT2D eigenvalue weighted by Gasteiger charge is -2.23. The fourth-order valence-electron chi connectivity index (χ4n) is 1.96. The van der Waals surface area contributed by atoms with Crippen LogP contribution in [0.2, 0.25) is 0 Å². The SMILES string of the molecule is CCCCN(CCCC)C(=O)c1cccnc1NC. The van der Waals surface area contributed by atoms with E-state index in [9.17, 15) is 4.79 Å². The number of nitrogens with zero attached hydrogens (tertiary/aromatic N) is 2. The van der Waals surface area contributed by atoms with Crippen LogP contribution >= 0.6 is 0 Å². The Hall–Kier alpha value is -1.58. The number of carbonyl (C=O) groups excluding carboxylic acids is 1. The summed E-state index contributed by atoms with van der Waals surface area (Å²) in [5, 5.41) is 2.98. The molecule has 106 valence electrons. The molecule has 19 heavy (non-hydrogen) atoms. The third-order valence-corrected chi connectivity index (χ3v) is 3.13. The number of pyridine rings is 1. The van der Waals surface area contributed by atoms with Gasteiger partial charge in [-0.3, -0.25) is 4.79 Å². The Balaban J connectivity index is 2.84. The van der Waals surface area contributed by atoms with Gasteiger partial charge in [-0.05, 0) is 25.0 Å². The summed E-state index contributed by atoms with van der Waals surface area (Å²) >= 11 is 0. The molecule has 0 aliphatic heterocycles. The van der Waals surface area contributed by atoms with Crippen molar-refractivity contribution in [3.8, 4) is 0 Å². The van der Waals surface area contributed by atoms with Gasteiger partial charge in [0.1, 0.15) is 5.82 Å². The highest BCUT2D eigenvalue weighted by atomic mass is 16.2. The number of amides is 1. The van der Waals surface area contributed by atoms with Gasteiger partial charge in [0.05, 0.1) is 5.56 Å². The first-order chi connectivity index (χ1) is 9.24. The number of aromatic nitrogens is 1. The molecule has 1 N–H and O–H groups in total. The van der Waals surface area contributed by atoms with Gasteiger partial charge in [0.2, 0.25) is 0 Å². The lowest BCUT2D eigenvalue weighted by atomic mass is 10.2. The monoisotopic (exact) mass is 263 g/mol. The van der Waals surface area contributed by atoms with Crippen molar-refractivity contribution in [1.29, 1.82) is 0 Å². The minimum absolute atomic E-state index is 0.0827. The first-order valence-corrected chi connectivity index (χ1v) is 7.16. The van der Waals surface area contributed by atoms with Crippen molar-refractivity contribution in [2.45, 2.75) is 39.5 Å². The molecule has 0 unspecified atom stereocenters. The summed E-state index contributed by atoms with van der Waals surface area (Å²) in [6, 6.07) is 3.65. The van der Waals surface area contributed by atoms with Gasteiger partial charge in [0.25, 0.3) is 5.91 Å². The molecule has 0 saturated carbocycles. The van der Waals surface area contributed by atoms with E-state index in [4.69, 9.17) is 0 Å². The number of anilines is 1. The van der Waals surface area contributed by atoms with E-state index < -0.39 is 0 Å². The highest BCUT2D eigenvalue weighted by Crippen LogP contribution is 2.14. The van der Waals surface area contributed by atoms with Crippen LogP contribution in [0.3, 0.4) is 0 Å². The average molecular weight is 263 g/mol. The van der Waals surface area contributed by atoms with Crippen LogP contribution < -0.4 is 5.32 Å². The zero-order chi connectivity index (χ0) is 14.1. The maximum absolute atomic E-state index is 12.6. The molecule has 0 radical (unpaired) electrons. The predicted molar refractivity (Wildman–Crippen MR) is 79.5 cm³/mol. The van der Waals surface area contributed by atoms with Crippen LogP contribution in [0.15, 0.2) is 18.3 Å². The maximum atomic E-state index is 12.6. The summed E-state index contributed by atoms with van der Waals surface area (Å²) in [6.07, 6.45) is 5.99. The van der Waals surface area contributed by atoms with Gasteiger partial charge in [-0.2, -0.15) is 0 Å². The van der Waals surface area contributed by atoms with E-state index >= 15 is 0 Å². The summed E-state index contributed by atoms with van der Waals surface area (Å²) in [6.45, 7) is 5.94. The second-order valence-corrected chi connectivity index (χ2v) is 4.65. The zero-order valence-corrected chi connectivity index (χ0v) is 12.3. The van der Waals surface area contributed by atoms with Crippen LogP contribution in [0.1, 0.15) is 49.9 Å². The Labute approximate surface area is 116 Å². The molecule has 1 aromatic heterocycles. The van der Waals surface area contributed by atoms with Crippen LogP contribution in [-0.4, -0.2) is 35.9 Å². The van der Waals surface area contributed by atoms with E-state index in [1.54, 1.807) is 13.2 Å². The number of carbonyl (C=O) groups is 1. The van der Waals surface area contributed by atoms with Gasteiger partial charge < -0.3 is 10.2 Å². The van der Waals surface area contributed by atoms with Crippen molar-refractivity contribution in [3.05, 3.63) is 23.9 Å². The lowest BCUT2D eigenvalue weighted by molar-refractivity contribution is 0.0751. The summed E-state index contributed by atoms with van der Waals surface area (Å²) in [5.74, 6) is 0.741. The Kier molecular flexibility index (Phi) is 6.93. The van der Waals surface area contributed by atoms with E-state index in [-0.39, 0.29) is 5.91 Å².